The molecule has 0 spiro atoms. The first-order chi connectivity index (χ1) is 13.8. The molecule has 1 rings (SSSR count). The van der Waals surface area contributed by atoms with Crippen LogP contribution in [-0.4, -0.2) is 27.0 Å². The van der Waals surface area contributed by atoms with Gasteiger partial charge in [0.25, 0.3) is 0 Å². The van der Waals surface area contributed by atoms with E-state index in [-0.39, 0.29) is 18.3 Å². The van der Waals surface area contributed by atoms with Crippen LogP contribution < -0.4 is 4.74 Å². The number of hydrogen-bond donors (Lipinski definition) is 0. The van der Waals surface area contributed by atoms with Crippen molar-refractivity contribution < 1.29 is 27.3 Å². The second-order valence-corrected chi connectivity index (χ2v) is 15.2. The number of benzene rings is 1. The van der Waals surface area contributed by atoms with Crippen molar-refractivity contribution in [3.63, 3.8) is 0 Å². The molecule has 0 N–H and O–H groups in total. The number of phosphoric ester groups is 1. The molecule has 1 aromatic carbocycles. The van der Waals surface area contributed by atoms with Gasteiger partial charge < -0.3 is 9.16 Å². The number of rotatable bonds is 9. The number of halogens is 1. The molecular formula is C22H39BrO6PSi. The topological polar surface area (TPSA) is 63.2 Å². The summed E-state index contributed by atoms with van der Waals surface area (Å²) >= 11 is 3.55. The second kappa shape index (κ2) is 10.8. The fourth-order valence-electron chi connectivity index (χ4n) is 2.69. The van der Waals surface area contributed by atoms with E-state index in [1.165, 1.54) is 0 Å². The quantitative estimate of drug-likeness (QED) is 0.181. The van der Waals surface area contributed by atoms with Crippen LogP contribution in [0.2, 0.25) is 13.1 Å². The van der Waals surface area contributed by atoms with E-state index in [9.17, 15) is 4.57 Å². The van der Waals surface area contributed by atoms with Crippen LogP contribution in [0.15, 0.2) is 22.7 Å². The molecule has 1 radical (unpaired) electrons. The molecule has 0 heterocycles. The standard InChI is InChI=1S/C22H39BrO6PSi/c1-20(2,3)19(27-31(10)11)17-14-16(23)12-13-18(17)25-15-26-30(24,28-21(4,5)6)29-22(7,8)9/h12-14,19H,15H2,1-11H3. The van der Waals surface area contributed by atoms with E-state index < -0.39 is 28.1 Å². The normalized spacial score (nSPS) is 14.7. The highest BCUT2D eigenvalue weighted by molar-refractivity contribution is 9.10. The molecule has 0 bridgehead atoms. The molecule has 9 heteroatoms. The van der Waals surface area contributed by atoms with Crippen molar-refractivity contribution in [2.45, 2.75) is 92.7 Å². The van der Waals surface area contributed by atoms with Crippen molar-refractivity contribution in [1.29, 1.82) is 0 Å². The zero-order valence-corrected chi connectivity index (χ0v) is 24.3. The summed E-state index contributed by atoms with van der Waals surface area (Å²) in [5.41, 5.74) is -0.674. The van der Waals surface area contributed by atoms with Crippen molar-refractivity contribution in [3.8, 4) is 5.75 Å². The van der Waals surface area contributed by atoms with Crippen molar-refractivity contribution in [2.24, 2.45) is 5.41 Å². The zero-order chi connectivity index (χ0) is 24.3. The van der Waals surface area contributed by atoms with Gasteiger partial charge in [0.15, 0.2) is 6.79 Å². The summed E-state index contributed by atoms with van der Waals surface area (Å²) in [6.07, 6.45) is -0.174. The lowest BCUT2D eigenvalue weighted by molar-refractivity contribution is -0.0197. The summed E-state index contributed by atoms with van der Waals surface area (Å²) < 4.78 is 43.3. The first-order valence-electron chi connectivity index (χ1n) is 10.4. The van der Waals surface area contributed by atoms with E-state index >= 15 is 0 Å². The van der Waals surface area contributed by atoms with Gasteiger partial charge in [-0.05, 0) is 78.3 Å². The highest BCUT2D eigenvalue weighted by Crippen LogP contribution is 2.55. The minimum absolute atomic E-state index is 0.151. The van der Waals surface area contributed by atoms with Gasteiger partial charge in [0.2, 0.25) is 9.04 Å². The SMILES string of the molecule is C[Si](C)OC(c1cc(Br)ccc1OCOP(=O)(OC(C)(C)C)OC(C)(C)C)C(C)(C)C. The Balaban J connectivity index is 3.13. The van der Waals surface area contributed by atoms with Crippen LogP contribution in [-0.2, 0) is 22.6 Å². The van der Waals surface area contributed by atoms with Crippen molar-refractivity contribution in [3.05, 3.63) is 28.2 Å². The van der Waals surface area contributed by atoms with Gasteiger partial charge in [-0.15, -0.1) is 0 Å². The Morgan fingerprint density at radius 1 is 0.968 bits per heavy atom. The Hall–Kier alpha value is -0.213. The molecule has 0 aromatic heterocycles. The van der Waals surface area contributed by atoms with E-state index in [4.69, 9.17) is 22.7 Å². The lowest BCUT2D eigenvalue weighted by atomic mass is 9.84. The molecule has 0 saturated heterocycles. The molecule has 31 heavy (non-hydrogen) atoms. The highest BCUT2D eigenvalue weighted by atomic mass is 79.9. The summed E-state index contributed by atoms with van der Waals surface area (Å²) in [7, 11) is -4.83. The molecule has 0 aliphatic heterocycles. The average Bonchev–Trinajstić information content (AvgIpc) is 2.49. The van der Waals surface area contributed by atoms with Crippen LogP contribution in [0.1, 0.15) is 74.0 Å². The van der Waals surface area contributed by atoms with Gasteiger partial charge in [-0.2, -0.15) is 0 Å². The van der Waals surface area contributed by atoms with E-state index in [1.807, 2.05) is 18.2 Å². The van der Waals surface area contributed by atoms with E-state index in [1.54, 1.807) is 41.5 Å². The van der Waals surface area contributed by atoms with Gasteiger partial charge in [-0.3, -0.25) is 9.05 Å². The van der Waals surface area contributed by atoms with Crippen LogP contribution >= 0.6 is 23.8 Å². The molecule has 0 amide bonds. The minimum atomic E-state index is -3.86. The monoisotopic (exact) mass is 537 g/mol. The summed E-state index contributed by atoms with van der Waals surface area (Å²) in [4.78, 5) is 0. The van der Waals surface area contributed by atoms with Crippen molar-refractivity contribution >= 4 is 32.8 Å². The van der Waals surface area contributed by atoms with Crippen molar-refractivity contribution in [2.75, 3.05) is 6.79 Å². The second-order valence-electron chi connectivity index (χ2n) is 10.7. The Morgan fingerprint density at radius 2 is 1.48 bits per heavy atom. The van der Waals surface area contributed by atoms with Crippen molar-refractivity contribution in [1.82, 2.24) is 0 Å². The van der Waals surface area contributed by atoms with Crippen LogP contribution in [0.5, 0.6) is 5.75 Å². The maximum Gasteiger partial charge on any atom is 0.478 e. The van der Waals surface area contributed by atoms with Gasteiger partial charge in [-0.1, -0.05) is 36.7 Å². The summed E-state index contributed by atoms with van der Waals surface area (Å²) in [5.74, 6) is 0.601. The first kappa shape index (κ1) is 28.8. The molecule has 179 valence electrons. The predicted octanol–water partition coefficient (Wildman–Crippen LogP) is 7.90. The lowest BCUT2D eigenvalue weighted by Gasteiger charge is -2.34. The molecule has 0 aliphatic carbocycles. The molecule has 1 atom stereocenters. The molecule has 1 unspecified atom stereocenters. The summed E-state index contributed by atoms with van der Waals surface area (Å²) in [6, 6.07) is 5.73. The molecular weight excluding hydrogens is 499 g/mol. The Kier molecular flexibility index (Phi) is 10.0. The van der Waals surface area contributed by atoms with Crippen LogP contribution in [0.25, 0.3) is 0 Å². The third-order valence-electron chi connectivity index (χ3n) is 3.59. The van der Waals surface area contributed by atoms with Crippen LogP contribution in [0.3, 0.4) is 0 Å². The van der Waals surface area contributed by atoms with Crippen LogP contribution in [0, 0.1) is 5.41 Å². The molecule has 0 saturated carbocycles. The third kappa shape index (κ3) is 11.0. The van der Waals surface area contributed by atoms with Crippen LogP contribution in [0.4, 0.5) is 0 Å². The Bertz CT molecular complexity index is 745. The zero-order valence-electron chi connectivity index (χ0n) is 20.8. The number of phosphoric acid groups is 1. The molecule has 0 fully saturated rings. The van der Waals surface area contributed by atoms with E-state index in [0.717, 1.165) is 10.0 Å². The van der Waals surface area contributed by atoms with Gasteiger partial charge in [0, 0.05) is 10.0 Å². The number of hydrogen-bond acceptors (Lipinski definition) is 6. The fourth-order valence-corrected chi connectivity index (χ4v) is 5.69. The molecule has 1 aromatic rings. The molecule has 0 aliphatic rings. The largest absolute Gasteiger partial charge is 0.478 e. The maximum atomic E-state index is 13.2. The predicted molar refractivity (Wildman–Crippen MR) is 131 cm³/mol. The molecule has 6 nitrogen and oxygen atoms in total. The van der Waals surface area contributed by atoms with E-state index in [2.05, 4.69) is 49.8 Å². The summed E-state index contributed by atoms with van der Waals surface area (Å²) in [5, 5.41) is 0. The first-order valence-corrected chi connectivity index (χ1v) is 15.0. The number of ether oxygens (including phenoxy) is 1. The minimum Gasteiger partial charge on any atom is -0.467 e. The lowest BCUT2D eigenvalue weighted by Crippen LogP contribution is -2.27. The Morgan fingerprint density at radius 3 is 1.90 bits per heavy atom. The van der Waals surface area contributed by atoms with Gasteiger partial charge in [-0.25, -0.2) is 9.09 Å². The van der Waals surface area contributed by atoms with E-state index in [0.29, 0.717) is 5.75 Å². The smallest absolute Gasteiger partial charge is 0.467 e. The third-order valence-corrected chi connectivity index (χ3v) is 6.76. The maximum absolute atomic E-state index is 13.2. The van der Waals surface area contributed by atoms with Gasteiger partial charge in [0.1, 0.15) is 5.75 Å². The van der Waals surface area contributed by atoms with Gasteiger partial charge >= 0.3 is 7.82 Å². The summed E-state index contributed by atoms with van der Waals surface area (Å²) in [6.45, 7) is 21.1. The average molecular weight is 539 g/mol. The highest BCUT2D eigenvalue weighted by Gasteiger charge is 2.38. The van der Waals surface area contributed by atoms with Gasteiger partial charge in [0.05, 0.1) is 17.3 Å². The Labute approximate surface area is 198 Å². The fraction of sp³-hybridized carbons (Fsp3) is 0.727.